The molecular formula is C20H15F7N6O2. The van der Waals surface area contributed by atoms with Gasteiger partial charge in [-0.25, -0.2) is 36.6 Å². The number of rotatable bonds is 5. The molecule has 0 saturated carbocycles. The van der Waals surface area contributed by atoms with Crippen LogP contribution in [0.3, 0.4) is 0 Å². The average Bonchev–Trinajstić information content (AvgIpc) is 3.24. The van der Waals surface area contributed by atoms with E-state index in [2.05, 4.69) is 25.4 Å². The van der Waals surface area contributed by atoms with Gasteiger partial charge >= 0.3 is 11.8 Å². The maximum Gasteiger partial charge on any atom is 0.311 e. The number of ether oxygens (including phenoxy) is 1. The highest BCUT2D eigenvalue weighted by molar-refractivity contribution is 6.07. The number of pyridine rings is 1. The number of hydrogen-bond acceptors (Lipinski definition) is 6. The second-order valence-corrected chi connectivity index (χ2v) is 8.59. The summed E-state index contributed by atoms with van der Waals surface area (Å²) in [6.45, 7) is -0.758. The summed E-state index contributed by atoms with van der Waals surface area (Å²) in [5.41, 5.74) is -2.89. The van der Waals surface area contributed by atoms with Crippen LogP contribution < -0.4 is 10.1 Å². The molecular weight excluding hydrogens is 489 g/mol. The molecule has 1 amide bonds. The molecule has 15 heteroatoms. The molecule has 1 unspecified atom stereocenters. The Hall–Kier alpha value is -3.52. The predicted molar refractivity (Wildman–Crippen MR) is 105 cm³/mol. The van der Waals surface area contributed by atoms with Crippen LogP contribution in [0.4, 0.5) is 36.6 Å². The number of carbonyl (C=O) groups excluding carboxylic acids is 1. The van der Waals surface area contributed by atoms with Gasteiger partial charge in [-0.15, -0.1) is 0 Å². The third kappa shape index (κ3) is 3.23. The number of nitrogens with one attached hydrogen (secondary N) is 1. The highest BCUT2D eigenvalue weighted by Crippen LogP contribution is 2.53. The van der Waals surface area contributed by atoms with Gasteiger partial charge in [0.15, 0.2) is 18.1 Å². The maximum absolute atomic E-state index is 14.5. The third-order valence-electron chi connectivity index (χ3n) is 6.23. The standard InChI is InChI=1S/C20H15F7N6O2/c1-17-10-12(31-16(17)34)29-13(30-15(10)35-7-20(17,26)27)11-9-5-8(21)6-28-14(9)33(32-11)4-3-19(24,25)18(2,22)23/h5-6H,3-4,7H2,1-2H3,(H,29,30,31,34). The summed E-state index contributed by atoms with van der Waals surface area (Å²) in [5, 5.41) is 6.25. The Bertz CT molecular complexity index is 1390. The minimum Gasteiger partial charge on any atom is -0.471 e. The Morgan fingerprint density at radius 3 is 2.63 bits per heavy atom. The SMILES string of the molecule is CC(F)(F)C(F)(F)CCn1nc(-c2nc3c4c(n2)OCC(F)(F)C4(C)C(=O)N3)c2cc(F)cnc21. The van der Waals surface area contributed by atoms with Gasteiger partial charge in [-0.2, -0.15) is 18.9 Å². The predicted octanol–water partition coefficient (Wildman–Crippen LogP) is 3.95. The first kappa shape index (κ1) is 23.2. The van der Waals surface area contributed by atoms with Gasteiger partial charge < -0.3 is 10.1 Å². The van der Waals surface area contributed by atoms with Gasteiger partial charge in [-0.3, -0.25) is 4.79 Å². The Morgan fingerprint density at radius 1 is 1.23 bits per heavy atom. The Morgan fingerprint density at radius 2 is 1.94 bits per heavy atom. The minimum absolute atomic E-state index is 0.0584. The van der Waals surface area contributed by atoms with Gasteiger partial charge in [0.2, 0.25) is 11.8 Å². The average molecular weight is 504 g/mol. The van der Waals surface area contributed by atoms with Crippen LogP contribution in [0.25, 0.3) is 22.6 Å². The van der Waals surface area contributed by atoms with Gasteiger partial charge in [0.25, 0.3) is 5.92 Å². The van der Waals surface area contributed by atoms with Crippen molar-refractivity contribution >= 4 is 22.8 Å². The molecule has 3 aromatic heterocycles. The second kappa shape index (κ2) is 7.01. The summed E-state index contributed by atoms with van der Waals surface area (Å²) in [5.74, 6) is -15.0. The minimum atomic E-state index is -4.37. The van der Waals surface area contributed by atoms with Gasteiger partial charge in [0.05, 0.1) is 17.1 Å². The summed E-state index contributed by atoms with van der Waals surface area (Å²) in [6, 6.07) is 0.952. The molecule has 1 atom stereocenters. The number of anilines is 1. The number of hydrogen-bond donors (Lipinski definition) is 1. The number of carbonyl (C=O) groups is 1. The number of halogens is 7. The number of amides is 1. The fraction of sp³-hybridized carbons (Fsp3) is 0.450. The molecule has 0 radical (unpaired) electrons. The van der Waals surface area contributed by atoms with E-state index in [0.29, 0.717) is 0 Å². The summed E-state index contributed by atoms with van der Waals surface area (Å²) in [6.07, 6.45) is -0.532. The highest BCUT2D eigenvalue weighted by Gasteiger charge is 2.65. The smallest absolute Gasteiger partial charge is 0.311 e. The van der Waals surface area contributed by atoms with E-state index < -0.39 is 54.5 Å². The van der Waals surface area contributed by atoms with Crippen LogP contribution in [0.5, 0.6) is 5.88 Å². The lowest BCUT2D eigenvalue weighted by Gasteiger charge is -2.35. The normalized spacial score (nSPS) is 21.1. The lowest BCUT2D eigenvalue weighted by Crippen LogP contribution is -2.54. The molecule has 2 aliphatic rings. The number of alkyl halides is 6. The summed E-state index contributed by atoms with van der Waals surface area (Å²) in [7, 11) is 0. The number of fused-ring (bicyclic) bond motifs is 1. The van der Waals surface area contributed by atoms with Crippen molar-refractivity contribution in [2.75, 3.05) is 11.9 Å². The van der Waals surface area contributed by atoms with Crippen molar-refractivity contribution in [2.45, 2.75) is 50.0 Å². The fourth-order valence-electron chi connectivity index (χ4n) is 4.01. The first-order valence-corrected chi connectivity index (χ1v) is 10.2. The van der Waals surface area contributed by atoms with Crippen molar-refractivity contribution in [2.24, 2.45) is 0 Å². The monoisotopic (exact) mass is 504 g/mol. The van der Waals surface area contributed by atoms with Crippen molar-refractivity contribution in [1.82, 2.24) is 24.7 Å². The molecule has 186 valence electrons. The zero-order valence-electron chi connectivity index (χ0n) is 18.0. The molecule has 0 aliphatic carbocycles. The van der Waals surface area contributed by atoms with Crippen molar-refractivity contribution in [3.63, 3.8) is 0 Å². The van der Waals surface area contributed by atoms with E-state index in [9.17, 15) is 35.5 Å². The van der Waals surface area contributed by atoms with Crippen LogP contribution in [0, 0.1) is 5.82 Å². The largest absolute Gasteiger partial charge is 0.471 e. The lowest BCUT2D eigenvalue weighted by molar-refractivity contribution is -0.202. The van der Waals surface area contributed by atoms with Crippen molar-refractivity contribution in [3.05, 3.63) is 23.6 Å². The van der Waals surface area contributed by atoms with Crippen LogP contribution in [0.15, 0.2) is 12.3 Å². The van der Waals surface area contributed by atoms with Gasteiger partial charge in [0, 0.05) is 19.9 Å². The summed E-state index contributed by atoms with van der Waals surface area (Å²) >= 11 is 0. The molecule has 35 heavy (non-hydrogen) atoms. The van der Waals surface area contributed by atoms with E-state index in [4.69, 9.17) is 4.74 Å². The van der Waals surface area contributed by atoms with Crippen molar-refractivity contribution in [1.29, 1.82) is 0 Å². The van der Waals surface area contributed by atoms with E-state index in [1.165, 1.54) is 0 Å². The molecule has 1 N–H and O–H groups in total. The first-order chi connectivity index (χ1) is 16.2. The van der Waals surface area contributed by atoms with Crippen molar-refractivity contribution < 1.29 is 40.3 Å². The molecule has 0 aromatic carbocycles. The highest BCUT2D eigenvalue weighted by atomic mass is 19.3. The van der Waals surface area contributed by atoms with Crippen LogP contribution in [-0.4, -0.2) is 55.0 Å². The van der Waals surface area contributed by atoms with E-state index in [1.807, 2.05) is 0 Å². The van der Waals surface area contributed by atoms with E-state index >= 15 is 0 Å². The second-order valence-electron chi connectivity index (χ2n) is 8.59. The summed E-state index contributed by atoms with van der Waals surface area (Å²) in [4.78, 5) is 24.4. The van der Waals surface area contributed by atoms with Crippen LogP contribution in [-0.2, 0) is 16.8 Å². The topological polar surface area (TPSA) is 94.8 Å². The van der Waals surface area contributed by atoms with Gasteiger partial charge in [-0.05, 0) is 13.0 Å². The van der Waals surface area contributed by atoms with E-state index in [0.717, 1.165) is 23.9 Å². The zero-order chi connectivity index (χ0) is 25.6. The fourth-order valence-corrected chi connectivity index (χ4v) is 4.01. The molecule has 3 aromatic rings. The number of nitrogens with zero attached hydrogens (tertiary/aromatic N) is 5. The Labute approximate surface area is 191 Å². The molecule has 5 heterocycles. The maximum atomic E-state index is 14.5. The van der Waals surface area contributed by atoms with Crippen LogP contribution in [0.2, 0.25) is 0 Å². The molecule has 5 rings (SSSR count). The van der Waals surface area contributed by atoms with Gasteiger partial charge in [-0.1, -0.05) is 0 Å². The third-order valence-corrected chi connectivity index (χ3v) is 6.23. The van der Waals surface area contributed by atoms with Gasteiger partial charge in [0.1, 0.15) is 22.7 Å². The van der Waals surface area contributed by atoms with Crippen LogP contribution >= 0.6 is 0 Å². The zero-order valence-corrected chi connectivity index (χ0v) is 18.0. The number of aromatic nitrogens is 5. The Kier molecular flexibility index (Phi) is 4.65. The molecule has 0 fully saturated rings. The van der Waals surface area contributed by atoms with E-state index in [-0.39, 0.29) is 46.7 Å². The van der Waals surface area contributed by atoms with Crippen molar-refractivity contribution in [3.8, 4) is 17.4 Å². The molecule has 0 spiro atoms. The molecule has 8 nitrogen and oxygen atoms in total. The number of aryl methyl sites for hydroxylation is 1. The summed E-state index contributed by atoms with van der Waals surface area (Å²) < 4.78 is 103. The molecule has 0 saturated heterocycles. The Balaban J connectivity index is 1.62. The first-order valence-electron chi connectivity index (χ1n) is 10.2. The molecule has 0 bridgehead atoms. The lowest BCUT2D eigenvalue weighted by atomic mass is 9.77. The quantitative estimate of drug-likeness (QED) is 0.529. The van der Waals surface area contributed by atoms with E-state index in [1.54, 1.807) is 0 Å². The molecule has 2 aliphatic heterocycles. The van der Waals surface area contributed by atoms with Crippen LogP contribution in [0.1, 0.15) is 25.8 Å².